The minimum absolute atomic E-state index is 0.0519. The summed E-state index contributed by atoms with van der Waals surface area (Å²) in [4.78, 5) is 23.5. The van der Waals surface area contributed by atoms with Crippen LogP contribution in [0.4, 0.5) is 11.4 Å². The van der Waals surface area contributed by atoms with Crippen LogP contribution in [0.25, 0.3) is 0 Å². The van der Waals surface area contributed by atoms with E-state index < -0.39 is 4.92 Å². The molecule has 0 aliphatic carbocycles. The molecule has 0 aliphatic rings. The van der Waals surface area contributed by atoms with Crippen molar-refractivity contribution in [2.45, 2.75) is 6.42 Å². The van der Waals surface area contributed by atoms with Crippen LogP contribution in [0.15, 0.2) is 12.3 Å². The van der Waals surface area contributed by atoms with Gasteiger partial charge in [-0.15, -0.1) is 0 Å². The summed E-state index contributed by atoms with van der Waals surface area (Å²) in [5, 5.41) is 10.4. The van der Waals surface area contributed by atoms with Crippen LogP contribution in [0.5, 0.6) is 0 Å². The van der Waals surface area contributed by atoms with E-state index in [0.717, 1.165) is 6.20 Å². The average molecular weight is 211 g/mol. The molecule has 0 atom stereocenters. The molecule has 1 aromatic rings. The van der Waals surface area contributed by atoms with Crippen molar-refractivity contribution in [2.75, 3.05) is 12.3 Å². The SMILES string of the molecule is Nc1cc(CCOC=O)ncc1[N+](=O)[O-]. The van der Waals surface area contributed by atoms with Gasteiger partial charge in [0.2, 0.25) is 0 Å². The first kappa shape index (κ1) is 10.9. The van der Waals surface area contributed by atoms with Gasteiger partial charge in [0.25, 0.3) is 6.47 Å². The molecule has 15 heavy (non-hydrogen) atoms. The first-order chi connectivity index (χ1) is 7.15. The Balaban J connectivity index is 2.73. The second kappa shape index (κ2) is 4.89. The Labute approximate surface area is 85.0 Å². The highest BCUT2D eigenvalue weighted by atomic mass is 16.6. The average Bonchev–Trinajstić information content (AvgIpc) is 2.17. The minimum Gasteiger partial charge on any atom is -0.467 e. The van der Waals surface area contributed by atoms with Gasteiger partial charge in [0.1, 0.15) is 11.9 Å². The van der Waals surface area contributed by atoms with Crippen LogP contribution >= 0.6 is 0 Å². The first-order valence-corrected chi connectivity index (χ1v) is 4.09. The summed E-state index contributed by atoms with van der Waals surface area (Å²) < 4.78 is 4.46. The lowest BCUT2D eigenvalue weighted by Gasteiger charge is -2.01. The zero-order valence-corrected chi connectivity index (χ0v) is 7.75. The minimum atomic E-state index is -0.603. The number of nitrogen functional groups attached to an aromatic ring is 1. The van der Waals surface area contributed by atoms with Crippen molar-refractivity contribution in [1.82, 2.24) is 4.98 Å². The largest absolute Gasteiger partial charge is 0.467 e. The molecule has 0 unspecified atom stereocenters. The lowest BCUT2D eigenvalue weighted by atomic mass is 10.2. The fourth-order valence-electron chi connectivity index (χ4n) is 1.01. The van der Waals surface area contributed by atoms with Crippen molar-refractivity contribution in [3.8, 4) is 0 Å². The number of nitrogens with zero attached hydrogens (tertiary/aromatic N) is 2. The summed E-state index contributed by atoms with van der Waals surface area (Å²) in [5.74, 6) is 0. The van der Waals surface area contributed by atoms with Gasteiger partial charge in [0.15, 0.2) is 0 Å². The van der Waals surface area contributed by atoms with Crippen LogP contribution in [0.1, 0.15) is 5.69 Å². The molecule has 1 rings (SSSR count). The maximum absolute atomic E-state index is 10.4. The molecule has 0 bridgehead atoms. The van der Waals surface area contributed by atoms with E-state index >= 15 is 0 Å². The van der Waals surface area contributed by atoms with Crippen molar-refractivity contribution in [3.05, 3.63) is 28.1 Å². The number of rotatable bonds is 5. The number of carbonyl (C=O) groups excluding carboxylic acids is 1. The third kappa shape index (κ3) is 2.90. The maximum Gasteiger partial charge on any atom is 0.310 e. The zero-order valence-electron chi connectivity index (χ0n) is 7.75. The van der Waals surface area contributed by atoms with Crippen molar-refractivity contribution in [1.29, 1.82) is 0 Å². The predicted molar refractivity (Wildman–Crippen MR) is 51.0 cm³/mol. The maximum atomic E-state index is 10.4. The van der Waals surface area contributed by atoms with E-state index in [1.54, 1.807) is 0 Å². The molecule has 0 aromatic carbocycles. The third-order valence-electron chi connectivity index (χ3n) is 1.71. The van der Waals surface area contributed by atoms with Gasteiger partial charge >= 0.3 is 5.69 Å². The molecule has 80 valence electrons. The van der Waals surface area contributed by atoms with Crippen LogP contribution in [0.2, 0.25) is 0 Å². The van der Waals surface area contributed by atoms with Gasteiger partial charge in [-0.1, -0.05) is 0 Å². The van der Waals surface area contributed by atoms with Crippen LogP contribution in [0.3, 0.4) is 0 Å². The van der Waals surface area contributed by atoms with Crippen molar-refractivity contribution >= 4 is 17.8 Å². The van der Waals surface area contributed by atoms with Crippen LogP contribution in [0, 0.1) is 10.1 Å². The van der Waals surface area contributed by atoms with E-state index in [2.05, 4.69) is 9.72 Å². The predicted octanol–water partition coefficient (Wildman–Crippen LogP) is 0.287. The number of nitro groups is 1. The second-order valence-electron chi connectivity index (χ2n) is 2.71. The highest BCUT2D eigenvalue weighted by molar-refractivity contribution is 5.56. The molecule has 0 aliphatic heterocycles. The second-order valence-corrected chi connectivity index (χ2v) is 2.71. The summed E-state index contributed by atoms with van der Waals surface area (Å²) in [7, 11) is 0. The Morgan fingerprint density at radius 2 is 2.40 bits per heavy atom. The molecule has 1 heterocycles. The van der Waals surface area contributed by atoms with Gasteiger partial charge in [0.05, 0.1) is 11.5 Å². The smallest absolute Gasteiger partial charge is 0.310 e. The van der Waals surface area contributed by atoms with E-state index in [1.165, 1.54) is 6.07 Å². The van der Waals surface area contributed by atoms with Gasteiger partial charge < -0.3 is 10.5 Å². The molecule has 2 N–H and O–H groups in total. The zero-order chi connectivity index (χ0) is 11.3. The van der Waals surface area contributed by atoms with E-state index in [9.17, 15) is 14.9 Å². The monoisotopic (exact) mass is 211 g/mol. The van der Waals surface area contributed by atoms with Gasteiger partial charge in [-0.25, -0.2) is 0 Å². The number of ether oxygens (including phenoxy) is 1. The number of nitrogens with two attached hydrogens (primary N) is 1. The van der Waals surface area contributed by atoms with Gasteiger partial charge in [-0.3, -0.25) is 19.9 Å². The number of anilines is 1. The lowest BCUT2D eigenvalue weighted by molar-refractivity contribution is -0.384. The quantitative estimate of drug-likeness (QED) is 0.324. The van der Waals surface area contributed by atoms with Crippen LogP contribution in [-0.2, 0) is 16.0 Å². The summed E-state index contributed by atoms with van der Waals surface area (Å²) in [6, 6.07) is 1.40. The standard InChI is InChI=1S/C8H9N3O4/c9-7-3-6(1-2-15-5-12)10-4-8(7)11(13)14/h3-5H,1-2H2,(H2,9,10). The highest BCUT2D eigenvalue weighted by Gasteiger charge is 2.11. The Bertz CT molecular complexity index is 380. The fraction of sp³-hybridized carbons (Fsp3) is 0.250. The Hall–Kier alpha value is -2.18. The Morgan fingerprint density at radius 1 is 1.67 bits per heavy atom. The summed E-state index contributed by atoms with van der Waals surface area (Å²) in [6.45, 7) is 0.502. The van der Waals surface area contributed by atoms with Crippen LogP contribution < -0.4 is 5.73 Å². The van der Waals surface area contributed by atoms with Gasteiger partial charge in [-0.05, 0) is 6.07 Å². The number of carbonyl (C=O) groups is 1. The topological polar surface area (TPSA) is 108 Å². The molecular weight excluding hydrogens is 202 g/mol. The van der Waals surface area contributed by atoms with Gasteiger partial charge in [0, 0.05) is 12.1 Å². The van der Waals surface area contributed by atoms with Crippen molar-refractivity contribution < 1.29 is 14.5 Å². The molecule has 0 radical (unpaired) electrons. The molecule has 0 fully saturated rings. The Kier molecular flexibility index (Phi) is 3.55. The molecule has 7 nitrogen and oxygen atoms in total. The van der Waals surface area contributed by atoms with E-state index in [-0.39, 0.29) is 18.0 Å². The highest BCUT2D eigenvalue weighted by Crippen LogP contribution is 2.19. The summed E-state index contributed by atoms with van der Waals surface area (Å²) in [5.41, 5.74) is 5.80. The van der Waals surface area contributed by atoms with Crippen LogP contribution in [-0.4, -0.2) is 23.0 Å². The van der Waals surface area contributed by atoms with Gasteiger partial charge in [-0.2, -0.15) is 0 Å². The molecule has 0 spiro atoms. The fourth-order valence-corrected chi connectivity index (χ4v) is 1.01. The lowest BCUT2D eigenvalue weighted by Crippen LogP contribution is -2.02. The Morgan fingerprint density at radius 3 is 2.93 bits per heavy atom. The number of hydrogen-bond acceptors (Lipinski definition) is 6. The van der Waals surface area contributed by atoms with Crippen molar-refractivity contribution in [3.63, 3.8) is 0 Å². The number of aromatic nitrogens is 1. The van der Waals surface area contributed by atoms with E-state index in [4.69, 9.17) is 5.73 Å². The van der Waals surface area contributed by atoms with E-state index in [1.807, 2.05) is 0 Å². The summed E-state index contributed by atoms with van der Waals surface area (Å²) in [6.07, 6.45) is 1.46. The van der Waals surface area contributed by atoms with Crippen molar-refractivity contribution in [2.24, 2.45) is 0 Å². The normalized spacial score (nSPS) is 9.60. The third-order valence-corrected chi connectivity index (χ3v) is 1.71. The number of hydrogen-bond donors (Lipinski definition) is 1. The molecule has 0 saturated heterocycles. The molecule has 1 aromatic heterocycles. The number of pyridine rings is 1. The first-order valence-electron chi connectivity index (χ1n) is 4.09. The molecular formula is C8H9N3O4. The molecule has 0 saturated carbocycles. The molecule has 0 amide bonds. The summed E-state index contributed by atoms with van der Waals surface area (Å²) >= 11 is 0. The van der Waals surface area contributed by atoms with E-state index in [0.29, 0.717) is 18.6 Å². The molecule has 7 heteroatoms.